The first-order chi connectivity index (χ1) is 16.5. The number of rotatable bonds is 6. The predicted octanol–water partition coefficient (Wildman–Crippen LogP) is 4.60. The Kier molecular flexibility index (Phi) is 6.04. The number of nitrogens with zero attached hydrogens (tertiary/aromatic N) is 4. The number of anilines is 1. The number of carbonyl (C=O) groups excluding carboxylic acids is 2. The Labute approximate surface area is 204 Å². The van der Waals surface area contributed by atoms with Gasteiger partial charge in [-0.05, 0) is 55.0 Å². The molecule has 0 atom stereocenters. The number of amides is 1. The zero-order valence-electron chi connectivity index (χ0n) is 18.0. The monoisotopic (exact) mass is 491 g/mol. The predicted molar refractivity (Wildman–Crippen MR) is 130 cm³/mol. The third-order valence-corrected chi connectivity index (χ3v) is 6.66. The first kappa shape index (κ1) is 22.1. The van der Waals surface area contributed by atoms with Crippen molar-refractivity contribution in [3.05, 3.63) is 77.1 Å². The first-order valence-electron chi connectivity index (χ1n) is 10.4. The topological polar surface area (TPSA) is 99.0 Å². The van der Waals surface area contributed by atoms with Crippen molar-refractivity contribution in [2.24, 2.45) is 0 Å². The van der Waals surface area contributed by atoms with Gasteiger partial charge in [-0.3, -0.25) is 19.1 Å². The summed E-state index contributed by atoms with van der Waals surface area (Å²) in [6, 6.07) is 14.3. The van der Waals surface area contributed by atoms with Gasteiger partial charge in [0.15, 0.2) is 23.4 Å². The maximum atomic E-state index is 13.0. The van der Waals surface area contributed by atoms with E-state index < -0.39 is 0 Å². The first-order valence-corrected chi connectivity index (χ1v) is 11.7. The number of ketones is 1. The molecule has 5 rings (SSSR count). The van der Waals surface area contributed by atoms with Crippen LogP contribution in [-0.4, -0.2) is 43.8 Å². The molecule has 0 spiro atoms. The fourth-order valence-corrected chi connectivity index (χ4v) is 4.59. The van der Waals surface area contributed by atoms with E-state index in [1.807, 2.05) is 41.8 Å². The molecule has 0 aliphatic carbocycles. The molecule has 1 aliphatic rings. The Balaban J connectivity index is 1.46. The molecule has 3 heterocycles. The lowest BCUT2D eigenvalue weighted by Crippen LogP contribution is -2.25. The number of halogens is 1. The molecule has 1 N–H and O–H groups in total. The van der Waals surface area contributed by atoms with Gasteiger partial charge in [-0.2, -0.15) is 0 Å². The van der Waals surface area contributed by atoms with E-state index in [0.29, 0.717) is 33.0 Å². The van der Waals surface area contributed by atoms with Crippen molar-refractivity contribution in [3.8, 4) is 22.8 Å². The van der Waals surface area contributed by atoms with Gasteiger partial charge in [0.25, 0.3) is 5.91 Å². The van der Waals surface area contributed by atoms with Gasteiger partial charge in [0.2, 0.25) is 0 Å². The number of fused-ring (bicyclic) bond motifs is 1. The van der Waals surface area contributed by atoms with Crippen LogP contribution in [0.25, 0.3) is 17.1 Å². The molecule has 2 aromatic carbocycles. The number of nitrogens with one attached hydrogen (secondary N) is 1. The second-order valence-electron chi connectivity index (χ2n) is 7.52. The second kappa shape index (κ2) is 9.28. The summed E-state index contributed by atoms with van der Waals surface area (Å²) in [5.41, 5.74) is 3.50. The fourth-order valence-electron chi connectivity index (χ4n) is 3.58. The molecule has 0 unspecified atom stereocenters. The molecule has 0 radical (unpaired) electrons. The quantitative estimate of drug-likeness (QED) is 0.311. The van der Waals surface area contributed by atoms with Crippen LogP contribution < -0.4 is 10.1 Å². The van der Waals surface area contributed by atoms with Crippen molar-refractivity contribution in [2.45, 2.75) is 12.1 Å². The van der Waals surface area contributed by atoms with Crippen LogP contribution in [-0.2, 0) is 4.79 Å². The number of hydrogen-bond acceptors (Lipinski definition) is 7. The number of carbonyl (C=O) groups is 2. The molecule has 1 aliphatic heterocycles. The molecule has 10 heteroatoms. The highest BCUT2D eigenvalue weighted by Crippen LogP contribution is 2.33. The summed E-state index contributed by atoms with van der Waals surface area (Å²) in [6.07, 6.45) is 3.38. The Hall–Kier alpha value is -3.69. The van der Waals surface area contributed by atoms with E-state index in [9.17, 15) is 9.59 Å². The van der Waals surface area contributed by atoms with Crippen molar-refractivity contribution in [2.75, 3.05) is 17.7 Å². The Morgan fingerprint density at radius 1 is 1.18 bits per heavy atom. The van der Waals surface area contributed by atoms with Crippen molar-refractivity contribution in [3.63, 3.8) is 0 Å². The van der Waals surface area contributed by atoms with Gasteiger partial charge in [0.1, 0.15) is 5.75 Å². The lowest BCUT2D eigenvalue weighted by Gasteiger charge is -2.18. The van der Waals surface area contributed by atoms with Gasteiger partial charge in [-0.25, -0.2) is 0 Å². The Bertz CT molecular complexity index is 1410. The van der Waals surface area contributed by atoms with Gasteiger partial charge < -0.3 is 10.1 Å². The molecule has 4 aromatic rings. The highest BCUT2D eigenvalue weighted by atomic mass is 35.5. The van der Waals surface area contributed by atoms with Crippen LogP contribution in [0.5, 0.6) is 5.75 Å². The molecular weight excluding hydrogens is 474 g/mol. The van der Waals surface area contributed by atoms with E-state index in [2.05, 4.69) is 20.5 Å². The third-order valence-electron chi connectivity index (χ3n) is 5.32. The molecule has 0 bridgehead atoms. The second-order valence-corrected chi connectivity index (χ2v) is 8.87. The van der Waals surface area contributed by atoms with Crippen LogP contribution in [0.4, 0.5) is 5.69 Å². The highest BCUT2D eigenvalue weighted by Gasteiger charge is 2.21. The van der Waals surface area contributed by atoms with Gasteiger partial charge in [-0.1, -0.05) is 29.4 Å². The largest absolute Gasteiger partial charge is 0.482 e. The van der Waals surface area contributed by atoms with Crippen molar-refractivity contribution >= 4 is 40.7 Å². The number of Topliss-reactive ketones (excluding diaryl/α,β-unsaturated/α-hetero) is 1. The summed E-state index contributed by atoms with van der Waals surface area (Å²) in [6.45, 7) is 1.89. The number of thioether (sulfide) groups is 1. The number of aromatic nitrogens is 4. The highest BCUT2D eigenvalue weighted by molar-refractivity contribution is 7.99. The average molecular weight is 492 g/mol. The average Bonchev–Trinajstić information content (AvgIpc) is 3.28. The summed E-state index contributed by atoms with van der Waals surface area (Å²) >= 11 is 7.67. The van der Waals surface area contributed by atoms with Crippen molar-refractivity contribution in [1.82, 2.24) is 19.7 Å². The van der Waals surface area contributed by atoms with Gasteiger partial charge in [-0.15, -0.1) is 10.2 Å². The molecular formula is C24H18ClN5O3S. The Morgan fingerprint density at radius 2 is 2.00 bits per heavy atom. The smallest absolute Gasteiger partial charge is 0.262 e. The fraction of sp³-hybridized carbons (Fsp3) is 0.125. The molecule has 0 saturated carbocycles. The maximum absolute atomic E-state index is 13.0. The molecule has 1 amide bonds. The molecule has 34 heavy (non-hydrogen) atoms. The summed E-state index contributed by atoms with van der Waals surface area (Å²) in [7, 11) is 0. The zero-order valence-corrected chi connectivity index (χ0v) is 19.6. The van der Waals surface area contributed by atoms with Gasteiger partial charge in [0, 0.05) is 28.5 Å². The van der Waals surface area contributed by atoms with Crippen LogP contribution in [0.2, 0.25) is 5.02 Å². The summed E-state index contributed by atoms with van der Waals surface area (Å²) in [5.74, 6) is 0.927. The van der Waals surface area contributed by atoms with E-state index in [1.165, 1.54) is 11.8 Å². The number of benzene rings is 2. The molecule has 0 saturated heterocycles. The van der Waals surface area contributed by atoms with Crippen molar-refractivity contribution < 1.29 is 14.3 Å². The van der Waals surface area contributed by atoms with Crippen LogP contribution in [0.15, 0.2) is 66.1 Å². The number of pyridine rings is 1. The normalized spacial score (nSPS) is 12.6. The van der Waals surface area contributed by atoms with Gasteiger partial charge >= 0.3 is 0 Å². The van der Waals surface area contributed by atoms with E-state index in [0.717, 1.165) is 16.8 Å². The maximum Gasteiger partial charge on any atom is 0.262 e. The third kappa shape index (κ3) is 4.27. The molecule has 2 aromatic heterocycles. The number of ether oxygens (including phenoxy) is 1. The summed E-state index contributed by atoms with van der Waals surface area (Å²) in [4.78, 5) is 28.7. The summed E-state index contributed by atoms with van der Waals surface area (Å²) in [5, 5.41) is 12.7. The number of hydrogen-bond donors (Lipinski definition) is 1. The lowest BCUT2D eigenvalue weighted by atomic mass is 10.1. The van der Waals surface area contributed by atoms with E-state index in [-0.39, 0.29) is 24.1 Å². The van der Waals surface area contributed by atoms with Crippen LogP contribution in [0.1, 0.15) is 15.9 Å². The standard InChI is InChI=1S/C24H18ClN5O3S/c1-14-17(25)3-2-4-19(14)30-23(15-7-9-26-10-8-15)28-29-24(30)34-13-20(31)16-5-6-21-18(11-16)27-22(32)12-33-21/h2-11H,12-13H2,1H3,(H,27,32). The van der Waals surface area contributed by atoms with Crippen LogP contribution in [0, 0.1) is 6.92 Å². The molecule has 170 valence electrons. The SMILES string of the molecule is Cc1c(Cl)cccc1-n1c(SCC(=O)c2ccc3c(c2)NC(=O)CO3)nnc1-c1ccncc1. The minimum atomic E-state index is -0.250. The lowest BCUT2D eigenvalue weighted by molar-refractivity contribution is -0.118. The molecule has 8 nitrogen and oxygen atoms in total. The van der Waals surface area contributed by atoms with Crippen LogP contribution in [0.3, 0.4) is 0 Å². The van der Waals surface area contributed by atoms with E-state index in [1.54, 1.807) is 30.6 Å². The molecule has 0 fully saturated rings. The van der Waals surface area contributed by atoms with E-state index >= 15 is 0 Å². The zero-order chi connectivity index (χ0) is 23.7. The van der Waals surface area contributed by atoms with Gasteiger partial charge in [0.05, 0.1) is 17.1 Å². The minimum Gasteiger partial charge on any atom is -0.482 e. The van der Waals surface area contributed by atoms with E-state index in [4.69, 9.17) is 16.3 Å². The Morgan fingerprint density at radius 3 is 2.82 bits per heavy atom. The van der Waals surface area contributed by atoms with Crippen LogP contribution >= 0.6 is 23.4 Å². The van der Waals surface area contributed by atoms with Crippen molar-refractivity contribution in [1.29, 1.82) is 0 Å². The summed E-state index contributed by atoms with van der Waals surface area (Å²) < 4.78 is 7.26. The minimum absolute atomic E-state index is 0.0332.